The third kappa shape index (κ3) is 3.49. The number of carboxylic acid groups (broad SMARTS) is 1. The standard InChI is InChI=1S/C9H6O2S.C6H8N2/c10-9(11)8-5-6-3-1-2-4-7(6)12-8;7-5-1-2-6(8)4-3-5/h1-5H,(H,10,11);1-4H,7-8H2. The van der Waals surface area contributed by atoms with Crippen molar-refractivity contribution < 1.29 is 9.90 Å². The number of hydrogen-bond acceptors (Lipinski definition) is 4. The Hall–Kier alpha value is -2.53. The van der Waals surface area contributed by atoms with Crippen LogP contribution in [0.2, 0.25) is 0 Å². The quantitative estimate of drug-likeness (QED) is 0.598. The summed E-state index contributed by atoms with van der Waals surface area (Å²) in [5.41, 5.74) is 12.2. The van der Waals surface area contributed by atoms with E-state index in [1.165, 1.54) is 11.3 Å². The van der Waals surface area contributed by atoms with Crippen molar-refractivity contribution in [3.8, 4) is 0 Å². The van der Waals surface area contributed by atoms with Gasteiger partial charge < -0.3 is 16.6 Å². The van der Waals surface area contributed by atoms with Crippen molar-refractivity contribution in [1.82, 2.24) is 0 Å². The van der Waals surface area contributed by atoms with Crippen LogP contribution in [-0.4, -0.2) is 11.1 Å². The molecule has 0 fully saturated rings. The van der Waals surface area contributed by atoms with E-state index in [0.29, 0.717) is 4.88 Å². The molecule has 0 radical (unpaired) electrons. The third-order valence-electron chi connectivity index (χ3n) is 2.57. The van der Waals surface area contributed by atoms with Crippen LogP contribution in [0, 0.1) is 0 Å². The van der Waals surface area contributed by atoms with E-state index in [9.17, 15) is 4.79 Å². The highest BCUT2D eigenvalue weighted by atomic mass is 32.1. The maximum atomic E-state index is 10.6. The molecule has 4 nitrogen and oxygen atoms in total. The fourth-order valence-electron chi connectivity index (χ4n) is 1.58. The van der Waals surface area contributed by atoms with E-state index < -0.39 is 5.97 Å². The summed E-state index contributed by atoms with van der Waals surface area (Å²) in [6, 6.07) is 16.4. The van der Waals surface area contributed by atoms with Crippen LogP contribution in [0.3, 0.4) is 0 Å². The van der Waals surface area contributed by atoms with E-state index in [4.69, 9.17) is 16.6 Å². The molecule has 0 amide bonds. The van der Waals surface area contributed by atoms with Crippen molar-refractivity contribution >= 4 is 38.8 Å². The van der Waals surface area contributed by atoms with Gasteiger partial charge in [-0.05, 0) is 41.8 Å². The van der Waals surface area contributed by atoms with E-state index in [-0.39, 0.29) is 0 Å². The Morgan fingerprint density at radius 3 is 2.00 bits per heavy atom. The van der Waals surface area contributed by atoms with Crippen LogP contribution in [0.5, 0.6) is 0 Å². The summed E-state index contributed by atoms with van der Waals surface area (Å²) in [6.45, 7) is 0. The van der Waals surface area contributed by atoms with Crippen LogP contribution in [0.15, 0.2) is 54.6 Å². The van der Waals surface area contributed by atoms with Crippen molar-refractivity contribution in [2.24, 2.45) is 0 Å². The number of fused-ring (bicyclic) bond motifs is 1. The van der Waals surface area contributed by atoms with Gasteiger partial charge in [0.15, 0.2) is 0 Å². The first kappa shape index (κ1) is 13.9. The summed E-state index contributed by atoms with van der Waals surface area (Å²) in [7, 11) is 0. The molecular formula is C15H14N2O2S. The second-order valence-corrected chi connectivity index (χ2v) is 5.20. The normalized spacial score (nSPS) is 9.80. The van der Waals surface area contributed by atoms with Gasteiger partial charge in [0.2, 0.25) is 0 Å². The highest BCUT2D eigenvalue weighted by molar-refractivity contribution is 7.20. The lowest BCUT2D eigenvalue weighted by atomic mass is 10.2. The summed E-state index contributed by atoms with van der Waals surface area (Å²) in [5, 5.41) is 9.70. The maximum Gasteiger partial charge on any atom is 0.345 e. The maximum absolute atomic E-state index is 10.6. The molecule has 0 aliphatic carbocycles. The number of aromatic carboxylic acids is 1. The Morgan fingerprint density at radius 2 is 1.50 bits per heavy atom. The monoisotopic (exact) mass is 286 g/mol. The summed E-state index contributed by atoms with van der Waals surface area (Å²) < 4.78 is 1.02. The molecule has 3 rings (SSSR count). The Balaban J connectivity index is 0.000000160. The topological polar surface area (TPSA) is 89.3 Å². The third-order valence-corrected chi connectivity index (χ3v) is 3.68. The number of nitrogens with two attached hydrogens (primary N) is 2. The van der Waals surface area contributed by atoms with Gasteiger partial charge in [0, 0.05) is 16.1 Å². The first-order chi connectivity index (χ1) is 9.56. The van der Waals surface area contributed by atoms with E-state index in [0.717, 1.165) is 21.5 Å². The molecule has 102 valence electrons. The predicted molar refractivity (Wildman–Crippen MR) is 84.1 cm³/mol. The van der Waals surface area contributed by atoms with Gasteiger partial charge in [0.25, 0.3) is 0 Å². The average Bonchev–Trinajstić information content (AvgIpc) is 2.87. The number of hydrogen-bond donors (Lipinski definition) is 3. The van der Waals surface area contributed by atoms with Crippen LogP contribution in [0.4, 0.5) is 11.4 Å². The molecular weight excluding hydrogens is 272 g/mol. The zero-order chi connectivity index (χ0) is 14.5. The smallest absolute Gasteiger partial charge is 0.345 e. The summed E-state index contributed by atoms with van der Waals surface area (Å²) in [6.07, 6.45) is 0. The number of anilines is 2. The van der Waals surface area contributed by atoms with E-state index in [1.807, 2.05) is 24.3 Å². The van der Waals surface area contributed by atoms with Crippen LogP contribution < -0.4 is 11.5 Å². The minimum atomic E-state index is -0.851. The van der Waals surface area contributed by atoms with Gasteiger partial charge in [0.1, 0.15) is 4.88 Å². The summed E-state index contributed by atoms with van der Waals surface area (Å²) in [4.78, 5) is 11.0. The predicted octanol–water partition coefficient (Wildman–Crippen LogP) is 3.45. The lowest BCUT2D eigenvalue weighted by molar-refractivity contribution is 0.0702. The van der Waals surface area contributed by atoms with Crippen LogP contribution in [0.25, 0.3) is 10.1 Å². The van der Waals surface area contributed by atoms with Crippen LogP contribution in [0.1, 0.15) is 9.67 Å². The van der Waals surface area contributed by atoms with Gasteiger partial charge in [0.05, 0.1) is 0 Å². The second-order valence-electron chi connectivity index (χ2n) is 4.12. The van der Waals surface area contributed by atoms with Crippen molar-refractivity contribution in [3.63, 3.8) is 0 Å². The average molecular weight is 286 g/mol. The Bertz CT molecular complexity index is 666. The molecule has 20 heavy (non-hydrogen) atoms. The highest BCUT2D eigenvalue weighted by Gasteiger charge is 2.06. The fraction of sp³-hybridized carbons (Fsp3) is 0. The van der Waals surface area contributed by atoms with E-state index in [1.54, 1.807) is 30.3 Å². The molecule has 0 spiro atoms. The van der Waals surface area contributed by atoms with Gasteiger partial charge in [-0.1, -0.05) is 18.2 Å². The van der Waals surface area contributed by atoms with Crippen molar-refractivity contribution in [1.29, 1.82) is 0 Å². The fourth-order valence-corrected chi connectivity index (χ4v) is 2.48. The molecule has 5 N–H and O–H groups in total. The number of carboxylic acids is 1. The summed E-state index contributed by atoms with van der Waals surface area (Å²) in [5.74, 6) is -0.851. The van der Waals surface area contributed by atoms with Gasteiger partial charge in [-0.25, -0.2) is 4.79 Å². The Kier molecular flexibility index (Phi) is 4.22. The van der Waals surface area contributed by atoms with Crippen LogP contribution in [-0.2, 0) is 0 Å². The largest absolute Gasteiger partial charge is 0.477 e. The van der Waals surface area contributed by atoms with Gasteiger partial charge >= 0.3 is 5.97 Å². The number of benzene rings is 2. The van der Waals surface area contributed by atoms with Gasteiger partial charge in [-0.15, -0.1) is 11.3 Å². The molecule has 5 heteroatoms. The zero-order valence-electron chi connectivity index (χ0n) is 10.6. The molecule has 0 saturated heterocycles. The van der Waals surface area contributed by atoms with Gasteiger partial charge in [-0.3, -0.25) is 0 Å². The SMILES string of the molecule is Nc1ccc(N)cc1.O=C(O)c1cc2ccccc2s1. The lowest BCUT2D eigenvalue weighted by Crippen LogP contribution is -1.89. The molecule has 3 aromatic rings. The number of thiophene rings is 1. The number of nitrogen functional groups attached to an aromatic ring is 2. The molecule has 0 aliphatic rings. The molecule has 2 aromatic carbocycles. The first-order valence-electron chi connectivity index (χ1n) is 5.89. The highest BCUT2D eigenvalue weighted by Crippen LogP contribution is 2.24. The molecule has 0 bridgehead atoms. The molecule has 0 atom stereocenters. The minimum Gasteiger partial charge on any atom is -0.477 e. The molecule has 0 unspecified atom stereocenters. The van der Waals surface area contributed by atoms with E-state index in [2.05, 4.69) is 0 Å². The van der Waals surface area contributed by atoms with Gasteiger partial charge in [-0.2, -0.15) is 0 Å². The second kappa shape index (κ2) is 6.08. The van der Waals surface area contributed by atoms with Crippen molar-refractivity contribution in [2.45, 2.75) is 0 Å². The Morgan fingerprint density at radius 1 is 0.950 bits per heavy atom. The van der Waals surface area contributed by atoms with Crippen molar-refractivity contribution in [3.05, 3.63) is 59.5 Å². The first-order valence-corrected chi connectivity index (χ1v) is 6.71. The van der Waals surface area contributed by atoms with Crippen molar-refractivity contribution in [2.75, 3.05) is 11.5 Å². The lowest BCUT2D eigenvalue weighted by Gasteiger charge is -1.90. The summed E-state index contributed by atoms with van der Waals surface area (Å²) >= 11 is 1.31. The van der Waals surface area contributed by atoms with Crippen LogP contribution >= 0.6 is 11.3 Å². The molecule has 1 aromatic heterocycles. The number of carbonyl (C=O) groups is 1. The van der Waals surface area contributed by atoms with E-state index >= 15 is 0 Å². The Labute approximate surface area is 120 Å². The molecule has 1 heterocycles. The molecule has 0 aliphatic heterocycles. The minimum absolute atomic E-state index is 0.399. The zero-order valence-corrected chi connectivity index (χ0v) is 11.4. The molecule has 0 saturated carbocycles. The number of rotatable bonds is 1.